The number of piperidine rings is 1. The quantitative estimate of drug-likeness (QED) is 0.715. The Labute approximate surface area is 183 Å². The zero-order chi connectivity index (χ0) is 22.2. The van der Waals surface area contributed by atoms with E-state index in [4.69, 9.17) is 9.47 Å². The number of hydrogen-bond acceptors (Lipinski definition) is 6. The van der Waals surface area contributed by atoms with Gasteiger partial charge in [-0.05, 0) is 50.8 Å². The minimum absolute atomic E-state index is 0.0860. The molecule has 0 N–H and O–H groups in total. The van der Waals surface area contributed by atoms with Crippen LogP contribution in [0.15, 0.2) is 41.4 Å². The maximum atomic E-state index is 12.1. The van der Waals surface area contributed by atoms with Gasteiger partial charge < -0.3 is 14.4 Å². The third kappa shape index (κ3) is 4.84. The molecule has 0 radical (unpaired) electrons. The van der Waals surface area contributed by atoms with Gasteiger partial charge in [-0.1, -0.05) is 12.1 Å². The highest BCUT2D eigenvalue weighted by Gasteiger charge is 2.34. The maximum absolute atomic E-state index is 12.1. The molecule has 1 fully saturated rings. The summed E-state index contributed by atoms with van der Waals surface area (Å²) < 4.78 is 34.8. The first-order chi connectivity index (χ1) is 14.7. The van der Waals surface area contributed by atoms with Crippen LogP contribution >= 0.6 is 0 Å². The van der Waals surface area contributed by atoms with Crippen molar-refractivity contribution in [2.45, 2.75) is 50.2 Å². The standard InChI is InChI=1S/C23H28N2O5S/c1-15(2)29-23(26)25-10-8-17(9-11-25)21-13-18-12-20(24-14-22(18)30-21)16-4-6-19(7-5-16)31(3,27)28/h4-7,12,14-15,17,21H,8-11,13H2,1-3H3. The lowest BCUT2D eigenvalue weighted by Gasteiger charge is -2.34. The summed E-state index contributed by atoms with van der Waals surface area (Å²) in [5.74, 6) is 1.19. The van der Waals surface area contributed by atoms with Gasteiger partial charge in [0.05, 0.1) is 22.9 Å². The Bertz CT molecular complexity index is 1060. The Hall–Kier alpha value is -2.61. The van der Waals surface area contributed by atoms with Gasteiger partial charge in [0.15, 0.2) is 9.84 Å². The second-order valence-electron chi connectivity index (χ2n) is 8.59. The number of rotatable bonds is 4. The summed E-state index contributed by atoms with van der Waals surface area (Å²) in [4.78, 5) is 18.7. The van der Waals surface area contributed by atoms with E-state index in [9.17, 15) is 13.2 Å². The van der Waals surface area contributed by atoms with Crippen molar-refractivity contribution in [3.05, 3.63) is 42.1 Å². The molecule has 2 aliphatic heterocycles. The Morgan fingerprint density at radius 1 is 1.19 bits per heavy atom. The number of nitrogens with zero attached hydrogens (tertiary/aromatic N) is 2. The largest absolute Gasteiger partial charge is 0.488 e. The van der Waals surface area contributed by atoms with Crippen LogP contribution in [0.4, 0.5) is 4.79 Å². The molecule has 1 aromatic carbocycles. The van der Waals surface area contributed by atoms with Gasteiger partial charge in [-0.15, -0.1) is 0 Å². The van der Waals surface area contributed by atoms with Gasteiger partial charge in [-0.2, -0.15) is 0 Å². The minimum atomic E-state index is -3.22. The van der Waals surface area contributed by atoms with Gasteiger partial charge in [0, 0.05) is 36.9 Å². The number of likely N-dealkylation sites (tertiary alicyclic amines) is 1. The Morgan fingerprint density at radius 3 is 2.48 bits per heavy atom. The smallest absolute Gasteiger partial charge is 0.410 e. The molecule has 1 atom stereocenters. The van der Waals surface area contributed by atoms with E-state index in [1.165, 1.54) is 6.26 Å². The molecule has 31 heavy (non-hydrogen) atoms. The average molecular weight is 445 g/mol. The van der Waals surface area contributed by atoms with E-state index in [2.05, 4.69) is 4.98 Å². The van der Waals surface area contributed by atoms with Gasteiger partial charge in [0.2, 0.25) is 0 Å². The summed E-state index contributed by atoms with van der Waals surface area (Å²) in [6, 6.07) is 8.81. The highest BCUT2D eigenvalue weighted by Crippen LogP contribution is 2.36. The van der Waals surface area contributed by atoms with Crippen LogP contribution in [-0.4, -0.2) is 55.9 Å². The van der Waals surface area contributed by atoms with Crippen molar-refractivity contribution in [2.24, 2.45) is 5.92 Å². The van der Waals surface area contributed by atoms with Crippen LogP contribution in [0.5, 0.6) is 5.75 Å². The number of ether oxygens (including phenoxy) is 2. The molecular weight excluding hydrogens is 416 g/mol. The maximum Gasteiger partial charge on any atom is 0.410 e. The second kappa shape index (κ2) is 8.49. The zero-order valence-electron chi connectivity index (χ0n) is 18.1. The van der Waals surface area contributed by atoms with Crippen molar-refractivity contribution in [2.75, 3.05) is 19.3 Å². The van der Waals surface area contributed by atoms with Crippen LogP contribution in [0.1, 0.15) is 32.3 Å². The van der Waals surface area contributed by atoms with Crippen molar-refractivity contribution in [3.8, 4) is 17.0 Å². The molecule has 7 nitrogen and oxygen atoms in total. The lowest BCUT2D eigenvalue weighted by atomic mass is 9.89. The van der Waals surface area contributed by atoms with Gasteiger partial charge in [0.1, 0.15) is 11.9 Å². The first-order valence-electron chi connectivity index (χ1n) is 10.6. The SMILES string of the molecule is CC(C)OC(=O)N1CCC(C2Cc3cc(-c4ccc(S(C)(=O)=O)cc4)ncc3O2)CC1. The van der Waals surface area contributed by atoms with E-state index in [-0.39, 0.29) is 18.3 Å². The fourth-order valence-corrected chi connectivity index (χ4v) is 4.83. The van der Waals surface area contributed by atoms with Gasteiger partial charge in [-0.25, -0.2) is 13.2 Å². The fourth-order valence-electron chi connectivity index (χ4n) is 4.20. The van der Waals surface area contributed by atoms with Crippen molar-refractivity contribution in [1.82, 2.24) is 9.88 Å². The lowest BCUT2D eigenvalue weighted by molar-refractivity contribution is 0.0502. The molecule has 1 unspecified atom stereocenters. The van der Waals surface area contributed by atoms with Crippen molar-refractivity contribution in [1.29, 1.82) is 0 Å². The van der Waals surface area contributed by atoms with E-state index in [0.29, 0.717) is 23.9 Å². The number of carbonyl (C=O) groups excluding carboxylic acids is 1. The molecule has 0 spiro atoms. The van der Waals surface area contributed by atoms with E-state index in [0.717, 1.165) is 41.8 Å². The summed E-state index contributed by atoms with van der Waals surface area (Å²) in [5.41, 5.74) is 2.79. The third-order valence-electron chi connectivity index (χ3n) is 5.89. The zero-order valence-corrected chi connectivity index (χ0v) is 18.9. The van der Waals surface area contributed by atoms with Crippen LogP contribution < -0.4 is 4.74 Å². The summed E-state index contributed by atoms with van der Waals surface area (Å²) in [5, 5.41) is 0. The van der Waals surface area contributed by atoms with Crippen molar-refractivity contribution >= 4 is 15.9 Å². The van der Waals surface area contributed by atoms with E-state index < -0.39 is 9.84 Å². The molecule has 3 heterocycles. The molecule has 1 aromatic heterocycles. The molecule has 2 aliphatic rings. The van der Waals surface area contributed by atoms with Gasteiger partial charge in [-0.3, -0.25) is 4.98 Å². The van der Waals surface area contributed by atoms with E-state index >= 15 is 0 Å². The highest BCUT2D eigenvalue weighted by molar-refractivity contribution is 7.90. The Balaban J connectivity index is 1.40. The number of pyridine rings is 1. The fraction of sp³-hybridized carbons (Fsp3) is 0.478. The van der Waals surface area contributed by atoms with Crippen LogP contribution in [-0.2, 0) is 21.0 Å². The highest BCUT2D eigenvalue weighted by atomic mass is 32.2. The Morgan fingerprint density at radius 2 is 1.87 bits per heavy atom. The molecule has 1 amide bonds. The summed E-state index contributed by atoms with van der Waals surface area (Å²) in [6.45, 7) is 5.08. The van der Waals surface area contributed by atoms with E-state index in [1.54, 1.807) is 35.4 Å². The monoisotopic (exact) mass is 444 g/mol. The predicted molar refractivity (Wildman–Crippen MR) is 117 cm³/mol. The van der Waals surface area contributed by atoms with Crippen LogP contribution in [0.25, 0.3) is 11.3 Å². The number of amides is 1. The molecular formula is C23H28N2O5S. The van der Waals surface area contributed by atoms with Crippen molar-refractivity contribution < 1.29 is 22.7 Å². The molecule has 2 aromatic rings. The normalized spacial score (nSPS) is 19.2. The predicted octanol–water partition coefficient (Wildman–Crippen LogP) is 3.71. The van der Waals surface area contributed by atoms with Crippen molar-refractivity contribution in [3.63, 3.8) is 0 Å². The Kier molecular flexibility index (Phi) is 5.92. The van der Waals surface area contributed by atoms with Crippen LogP contribution in [0.2, 0.25) is 0 Å². The molecule has 0 bridgehead atoms. The molecule has 8 heteroatoms. The van der Waals surface area contributed by atoms with Gasteiger partial charge >= 0.3 is 6.09 Å². The molecule has 166 valence electrons. The first kappa shape index (κ1) is 21.6. The minimum Gasteiger partial charge on any atom is -0.488 e. The van der Waals surface area contributed by atoms with Crippen LogP contribution in [0, 0.1) is 5.92 Å². The summed E-state index contributed by atoms with van der Waals surface area (Å²) >= 11 is 0. The first-order valence-corrected chi connectivity index (χ1v) is 12.5. The third-order valence-corrected chi connectivity index (χ3v) is 7.01. The number of sulfone groups is 1. The van der Waals surface area contributed by atoms with Crippen LogP contribution in [0.3, 0.4) is 0 Å². The summed E-state index contributed by atoms with van der Waals surface area (Å²) in [7, 11) is -3.22. The molecule has 0 aliphatic carbocycles. The summed E-state index contributed by atoms with van der Waals surface area (Å²) in [6.07, 6.45) is 5.28. The number of benzene rings is 1. The van der Waals surface area contributed by atoms with Gasteiger partial charge in [0.25, 0.3) is 0 Å². The lowest BCUT2D eigenvalue weighted by Crippen LogP contribution is -2.43. The second-order valence-corrected chi connectivity index (χ2v) is 10.6. The number of fused-ring (bicyclic) bond motifs is 1. The number of hydrogen-bond donors (Lipinski definition) is 0. The molecule has 1 saturated heterocycles. The number of carbonyl (C=O) groups is 1. The average Bonchev–Trinajstić information content (AvgIpc) is 3.16. The van der Waals surface area contributed by atoms with E-state index in [1.807, 2.05) is 19.9 Å². The topological polar surface area (TPSA) is 85.8 Å². The molecule has 4 rings (SSSR count). The molecule has 0 saturated carbocycles. The number of aromatic nitrogens is 1.